The van der Waals surface area contributed by atoms with Crippen LogP contribution in [0, 0.1) is 0 Å². The molecule has 0 saturated carbocycles. The molecule has 0 radical (unpaired) electrons. The largest absolute Gasteiger partial charge is 0.476 e. The summed E-state index contributed by atoms with van der Waals surface area (Å²) in [4.78, 5) is 24.3. The summed E-state index contributed by atoms with van der Waals surface area (Å²) in [6.07, 6.45) is -0.00761. The summed E-state index contributed by atoms with van der Waals surface area (Å²) in [6, 6.07) is 27.7. The molecule has 1 amide bonds. The van der Waals surface area contributed by atoms with Gasteiger partial charge in [0.2, 0.25) is 5.78 Å². The second kappa shape index (κ2) is 13.2. The van der Waals surface area contributed by atoms with E-state index in [1.807, 2.05) is 66.7 Å². The molecule has 0 heterocycles. The maximum absolute atomic E-state index is 13.3. The zero-order valence-electron chi connectivity index (χ0n) is 18.6. The number of ether oxygens (including phenoxy) is 2. The lowest BCUT2D eigenvalue weighted by Crippen LogP contribution is -2.36. The van der Waals surface area contributed by atoms with E-state index in [1.54, 1.807) is 24.3 Å². The SMILES string of the molecule is O=C(NC(CCc1ccccc1)[P+](=O)C(OCc1ccccc1)C(=O)O)OCc1ccccc1. The van der Waals surface area contributed by atoms with Crippen LogP contribution in [0.25, 0.3) is 0 Å². The maximum Gasteiger partial charge on any atom is 0.410 e. The van der Waals surface area contributed by atoms with Crippen LogP contribution in [-0.4, -0.2) is 28.8 Å². The van der Waals surface area contributed by atoms with Gasteiger partial charge >= 0.3 is 25.7 Å². The van der Waals surface area contributed by atoms with Gasteiger partial charge in [0, 0.05) is 6.42 Å². The first-order valence-electron chi connectivity index (χ1n) is 10.9. The number of benzene rings is 3. The van der Waals surface area contributed by atoms with Crippen LogP contribution in [-0.2, 0) is 38.5 Å². The number of aryl methyl sites for hydroxylation is 1. The fraction of sp³-hybridized carbons (Fsp3) is 0.231. The Hall–Kier alpha value is -3.54. The molecule has 0 saturated heterocycles. The molecule has 3 atom stereocenters. The topological polar surface area (TPSA) is 102 Å². The lowest BCUT2D eigenvalue weighted by molar-refractivity contribution is -0.145. The lowest BCUT2D eigenvalue weighted by atomic mass is 10.1. The number of hydrogen-bond acceptors (Lipinski definition) is 5. The third kappa shape index (κ3) is 8.10. The van der Waals surface area contributed by atoms with Crippen molar-refractivity contribution in [1.29, 1.82) is 0 Å². The Morgan fingerprint density at radius 1 is 0.794 bits per heavy atom. The molecule has 0 aliphatic heterocycles. The molecule has 176 valence electrons. The van der Waals surface area contributed by atoms with Crippen molar-refractivity contribution in [3.8, 4) is 0 Å². The van der Waals surface area contributed by atoms with Crippen molar-refractivity contribution in [3.05, 3.63) is 108 Å². The highest BCUT2D eigenvalue weighted by Gasteiger charge is 2.46. The number of hydrogen-bond donors (Lipinski definition) is 2. The first-order valence-corrected chi connectivity index (χ1v) is 12.3. The molecule has 0 aromatic heterocycles. The minimum Gasteiger partial charge on any atom is -0.476 e. The highest BCUT2D eigenvalue weighted by atomic mass is 31.1. The van der Waals surface area contributed by atoms with Gasteiger partial charge in [0.15, 0.2) is 0 Å². The van der Waals surface area contributed by atoms with Gasteiger partial charge in [0.1, 0.15) is 6.61 Å². The first-order chi connectivity index (χ1) is 16.5. The zero-order chi connectivity index (χ0) is 24.2. The van der Waals surface area contributed by atoms with Gasteiger partial charge in [-0.15, -0.1) is 0 Å². The second-order valence-electron chi connectivity index (χ2n) is 7.59. The van der Waals surface area contributed by atoms with E-state index in [0.29, 0.717) is 6.42 Å². The minimum atomic E-state index is -2.52. The number of amides is 1. The van der Waals surface area contributed by atoms with Gasteiger partial charge in [-0.2, -0.15) is 0 Å². The number of alkyl carbamates (subject to hydrolysis) is 1. The fourth-order valence-corrected chi connectivity index (χ4v) is 4.66. The molecule has 0 aliphatic rings. The fourth-order valence-electron chi connectivity index (χ4n) is 3.28. The number of carboxylic acid groups (broad SMARTS) is 1. The highest BCUT2D eigenvalue weighted by molar-refractivity contribution is 7.47. The van der Waals surface area contributed by atoms with Crippen molar-refractivity contribution in [2.45, 2.75) is 37.7 Å². The minimum absolute atomic E-state index is 0.0112. The molecular formula is C26H27NO6P+. The standard InChI is InChI=1S/C26H26NO6P/c28-24(29)25(32-18-21-12-6-2-7-13-21)34(31)23(17-16-20-10-4-1-5-11-20)27-26(30)33-19-22-14-8-3-9-15-22/h1-15,23,25H,16-19H2,(H-,27,28,29,30)/p+1. The van der Waals surface area contributed by atoms with Crippen molar-refractivity contribution in [3.63, 3.8) is 0 Å². The number of rotatable bonds is 12. The molecule has 8 heteroatoms. The number of aliphatic carboxylic acids is 1. The molecule has 3 aromatic rings. The van der Waals surface area contributed by atoms with Crippen molar-refractivity contribution in [1.82, 2.24) is 5.32 Å². The smallest absolute Gasteiger partial charge is 0.410 e. The third-order valence-electron chi connectivity index (χ3n) is 5.05. The van der Waals surface area contributed by atoms with E-state index in [4.69, 9.17) is 9.47 Å². The van der Waals surface area contributed by atoms with Crippen LogP contribution >= 0.6 is 7.80 Å². The van der Waals surface area contributed by atoms with E-state index in [-0.39, 0.29) is 19.6 Å². The molecular weight excluding hydrogens is 453 g/mol. The molecule has 34 heavy (non-hydrogen) atoms. The van der Waals surface area contributed by atoms with E-state index < -0.39 is 31.5 Å². The van der Waals surface area contributed by atoms with E-state index in [1.165, 1.54) is 0 Å². The highest BCUT2D eigenvalue weighted by Crippen LogP contribution is 2.37. The molecule has 0 bridgehead atoms. The first kappa shape index (κ1) is 25.1. The number of carbonyl (C=O) groups is 2. The molecule has 0 fully saturated rings. The second-order valence-corrected chi connectivity index (χ2v) is 9.41. The monoisotopic (exact) mass is 480 g/mol. The molecule has 3 aromatic carbocycles. The van der Waals surface area contributed by atoms with Gasteiger partial charge in [-0.25, -0.2) is 9.59 Å². The summed E-state index contributed by atoms with van der Waals surface area (Å²) in [5.41, 5.74) is 2.54. The normalized spacial score (nSPS) is 12.9. The summed E-state index contributed by atoms with van der Waals surface area (Å²) >= 11 is 0. The summed E-state index contributed by atoms with van der Waals surface area (Å²) < 4.78 is 24.1. The van der Waals surface area contributed by atoms with Crippen molar-refractivity contribution < 1.29 is 28.7 Å². The van der Waals surface area contributed by atoms with Crippen molar-refractivity contribution in [2.75, 3.05) is 0 Å². The van der Waals surface area contributed by atoms with Gasteiger partial charge in [0.05, 0.1) is 6.61 Å². The average Bonchev–Trinajstić information content (AvgIpc) is 2.87. The molecule has 0 spiro atoms. The van der Waals surface area contributed by atoms with Crippen LogP contribution in [0.2, 0.25) is 0 Å². The van der Waals surface area contributed by atoms with Crippen LogP contribution in [0.1, 0.15) is 23.1 Å². The van der Waals surface area contributed by atoms with Gasteiger partial charge in [-0.1, -0.05) is 95.6 Å². The summed E-state index contributed by atoms with van der Waals surface area (Å²) in [6.45, 7) is 0.0322. The Bertz CT molecular complexity index is 1060. The maximum atomic E-state index is 13.3. The third-order valence-corrected chi connectivity index (χ3v) is 6.88. The van der Waals surface area contributed by atoms with E-state index >= 15 is 0 Å². The van der Waals surface area contributed by atoms with Gasteiger partial charge in [0.25, 0.3) is 0 Å². The Morgan fingerprint density at radius 3 is 1.82 bits per heavy atom. The van der Waals surface area contributed by atoms with Crippen molar-refractivity contribution >= 4 is 19.9 Å². The van der Waals surface area contributed by atoms with Gasteiger partial charge < -0.3 is 14.6 Å². The van der Waals surface area contributed by atoms with E-state index in [2.05, 4.69) is 5.32 Å². The van der Waals surface area contributed by atoms with Crippen LogP contribution in [0.4, 0.5) is 4.79 Å². The Kier molecular flexibility index (Phi) is 9.77. The summed E-state index contributed by atoms with van der Waals surface area (Å²) in [5, 5.41) is 12.3. The Morgan fingerprint density at radius 2 is 1.29 bits per heavy atom. The van der Waals surface area contributed by atoms with Crippen LogP contribution in [0.5, 0.6) is 0 Å². The van der Waals surface area contributed by atoms with Gasteiger partial charge in [-0.3, -0.25) is 5.32 Å². The van der Waals surface area contributed by atoms with E-state index in [9.17, 15) is 19.3 Å². The molecule has 3 rings (SSSR count). The van der Waals surface area contributed by atoms with Gasteiger partial charge in [-0.05, 0) is 23.1 Å². The summed E-state index contributed by atoms with van der Waals surface area (Å²) in [7, 11) is -2.52. The van der Waals surface area contributed by atoms with Crippen LogP contribution in [0.15, 0.2) is 91.0 Å². The molecule has 2 N–H and O–H groups in total. The van der Waals surface area contributed by atoms with E-state index in [0.717, 1.165) is 16.7 Å². The number of carboxylic acids is 1. The lowest BCUT2D eigenvalue weighted by Gasteiger charge is -2.14. The van der Waals surface area contributed by atoms with Crippen LogP contribution < -0.4 is 5.32 Å². The quantitative estimate of drug-likeness (QED) is 0.340. The van der Waals surface area contributed by atoms with Crippen molar-refractivity contribution in [2.24, 2.45) is 0 Å². The summed E-state index contributed by atoms with van der Waals surface area (Å²) in [5.74, 6) is -3.87. The zero-order valence-corrected chi connectivity index (χ0v) is 19.5. The Labute approximate surface area is 199 Å². The predicted octanol–water partition coefficient (Wildman–Crippen LogP) is 5.33. The molecule has 3 unspecified atom stereocenters. The number of nitrogens with one attached hydrogen (secondary N) is 1. The van der Waals surface area contributed by atoms with Crippen LogP contribution in [0.3, 0.4) is 0 Å². The Balaban J connectivity index is 1.68. The molecule has 7 nitrogen and oxygen atoms in total. The number of carbonyl (C=O) groups excluding carboxylic acids is 1. The predicted molar refractivity (Wildman–Crippen MR) is 129 cm³/mol. The average molecular weight is 480 g/mol. The molecule has 0 aliphatic carbocycles.